The number of nitrogens with zero attached hydrogens (tertiary/aromatic N) is 2. The summed E-state index contributed by atoms with van der Waals surface area (Å²) in [6.45, 7) is 2.46. The van der Waals surface area contributed by atoms with Gasteiger partial charge in [-0.1, -0.05) is 0 Å². The van der Waals surface area contributed by atoms with E-state index in [1.165, 1.54) is 0 Å². The third-order valence-electron chi connectivity index (χ3n) is 3.37. The van der Waals surface area contributed by atoms with Crippen LogP contribution in [0, 0.1) is 6.92 Å². The zero-order chi connectivity index (χ0) is 13.2. The van der Waals surface area contributed by atoms with E-state index in [9.17, 15) is 4.79 Å². The van der Waals surface area contributed by atoms with E-state index >= 15 is 0 Å². The molecule has 0 spiro atoms. The third kappa shape index (κ3) is 2.52. The maximum Gasteiger partial charge on any atom is 0.255 e. The standard InChI is InChI=1S/C13H17N5O/c1-8-11(12(18-17-8)9-2-3-9)13(19)16-5-4-10-14-6-7-15-10/h6-7,9H,2-5H2,1H3,(H,14,15)(H,16,19)(H,17,18). The Hall–Kier alpha value is -2.11. The van der Waals surface area contributed by atoms with Gasteiger partial charge in [-0.3, -0.25) is 9.89 Å². The van der Waals surface area contributed by atoms with E-state index in [2.05, 4.69) is 25.5 Å². The molecule has 19 heavy (non-hydrogen) atoms. The molecule has 0 aliphatic heterocycles. The minimum atomic E-state index is -0.0419. The maximum absolute atomic E-state index is 12.2. The quantitative estimate of drug-likeness (QED) is 0.756. The molecule has 2 aromatic rings. The first-order chi connectivity index (χ1) is 9.25. The molecule has 1 fully saturated rings. The van der Waals surface area contributed by atoms with Crippen molar-refractivity contribution in [2.24, 2.45) is 0 Å². The lowest BCUT2D eigenvalue weighted by molar-refractivity contribution is 0.0952. The van der Waals surface area contributed by atoms with Crippen molar-refractivity contribution in [2.75, 3.05) is 6.54 Å². The zero-order valence-electron chi connectivity index (χ0n) is 10.9. The number of rotatable bonds is 5. The number of aromatic amines is 2. The van der Waals surface area contributed by atoms with Crippen LogP contribution in [0.4, 0.5) is 0 Å². The van der Waals surface area contributed by atoms with Crippen LogP contribution in [0.2, 0.25) is 0 Å². The van der Waals surface area contributed by atoms with Crippen LogP contribution in [0.5, 0.6) is 0 Å². The average Bonchev–Trinajstić information content (AvgIpc) is 2.96. The van der Waals surface area contributed by atoms with Gasteiger partial charge in [0.1, 0.15) is 5.82 Å². The van der Waals surface area contributed by atoms with Crippen LogP contribution in [0.3, 0.4) is 0 Å². The summed E-state index contributed by atoms with van der Waals surface area (Å²) < 4.78 is 0. The van der Waals surface area contributed by atoms with Gasteiger partial charge in [-0.15, -0.1) is 0 Å². The first-order valence-corrected chi connectivity index (χ1v) is 6.57. The van der Waals surface area contributed by atoms with Crippen molar-refractivity contribution in [3.8, 4) is 0 Å². The lowest BCUT2D eigenvalue weighted by atomic mass is 10.1. The zero-order valence-corrected chi connectivity index (χ0v) is 10.9. The highest BCUT2D eigenvalue weighted by Crippen LogP contribution is 2.41. The summed E-state index contributed by atoms with van der Waals surface area (Å²) in [5.41, 5.74) is 2.49. The third-order valence-corrected chi connectivity index (χ3v) is 3.37. The fourth-order valence-electron chi connectivity index (χ4n) is 2.20. The first-order valence-electron chi connectivity index (χ1n) is 6.57. The lowest BCUT2D eigenvalue weighted by Crippen LogP contribution is -2.27. The Morgan fingerprint density at radius 1 is 1.53 bits per heavy atom. The van der Waals surface area contributed by atoms with Crippen molar-refractivity contribution in [3.05, 3.63) is 35.2 Å². The minimum Gasteiger partial charge on any atom is -0.351 e. The summed E-state index contributed by atoms with van der Waals surface area (Å²) in [6.07, 6.45) is 6.47. The van der Waals surface area contributed by atoms with Crippen LogP contribution >= 0.6 is 0 Å². The van der Waals surface area contributed by atoms with Gasteiger partial charge in [0.2, 0.25) is 0 Å². The largest absolute Gasteiger partial charge is 0.351 e. The normalized spacial score (nSPS) is 14.6. The van der Waals surface area contributed by atoms with E-state index in [0.717, 1.165) is 35.6 Å². The van der Waals surface area contributed by atoms with E-state index in [4.69, 9.17) is 0 Å². The molecule has 1 saturated carbocycles. The minimum absolute atomic E-state index is 0.0419. The van der Waals surface area contributed by atoms with Crippen LogP contribution in [0.25, 0.3) is 0 Å². The number of hydrogen-bond acceptors (Lipinski definition) is 3. The SMILES string of the molecule is Cc1[nH]nc(C2CC2)c1C(=O)NCCc1ncc[nH]1. The second-order valence-electron chi connectivity index (χ2n) is 4.92. The molecule has 2 aromatic heterocycles. The molecule has 3 N–H and O–H groups in total. The summed E-state index contributed by atoms with van der Waals surface area (Å²) in [7, 11) is 0. The van der Waals surface area contributed by atoms with Gasteiger partial charge in [0, 0.05) is 37.0 Å². The molecular weight excluding hydrogens is 242 g/mol. The molecule has 6 nitrogen and oxygen atoms in total. The molecule has 1 aliphatic rings. The molecule has 0 saturated heterocycles. The van der Waals surface area contributed by atoms with Crippen molar-refractivity contribution in [1.29, 1.82) is 0 Å². The summed E-state index contributed by atoms with van der Waals surface area (Å²) in [5, 5.41) is 10.1. The molecule has 0 unspecified atom stereocenters. The number of hydrogen-bond donors (Lipinski definition) is 3. The molecule has 0 atom stereocenters. The van der Waals surface area contributed by atoms with Gasteiger partial charge in [-0.05, 0) is 19.8 Å². The number of amides is 1. The monoisotopic (exact) mass is 259 g/mol. The Morgan fingerprint density at radius 2 is 2.37 bits per heavy atom. The molecule has 0 radical (unpaired) electrons. The Morgan fingerprint density at radius 3 is 3.05 bits per heavy atom. The van der Waals surface area contributed by atoms with Crippen molar-refractivity contribution >= 4 is 5.91 Å². The number of carbonyl (C=O) groups excluding carboxylic acids is 1. The fourth-order valence-corrected chi connectivity index (χ4v) is 2.20. The molecule has 0 bridgehead atoms. The molecule has 6 heteroatoms. The second-order valence-corrected chi connectivity index (χ2v) is 4.92. The van der Waals surface area contributed by atoms with Crippen molar-refractivity contribution in [3.63, 3.8) is 0 Å². The highest BCUT2D eigenvalue weighted by molar-refractivity contribution is 5.96. The second kappa shape index (κ2) is 4.87. The van der Waals surface area contributed by atoms with Gasteiger partial charge in [0.25, 0.3) is 5.91 Å². The predicted octanol–water partition coefficient (Wildman–Crippen LogP) is 1.29. The number of carbonyl (C=O) groups is 1. The number of aryl methyl sites for hydroxylation is 1. The summed E-state index contributed by atoms with van der Waals surface area (Å²) >= 11 is 0. The molecular formula is C13H17N5O. The van der Waals surface area contributed by atoms with Gasteiger partial charge >= 0.3 is 0 Å². The molecule has 0 aromatic carbocycles. The van der Waals surface area contributed by atoms with Crippen molar-refractivity contribution in [2.45, 2.75) is 32.1 Å². The van der Waals surface area contributed by atoms with E-state index in [1.54, 1.807) is 12.4 Å². The number of aromatic nitrogens is 4. The van der Waals surface area contributed by atoms with Crippen LogP contribution < -0.4 is 5.32 Å². The highest BCUT2D eigenvalue weighted by Gasteiger charge is 2.31. The van der Waals surface area contributed by atoms with E-state index in [1.807, 2.05) is 6.92 Å². The average molecular weight is 259 g/mol. The maximum atomic E-state index is 12.2. The lowest BCUT2D eigenvalue weighted by Gasteiger charge is -2.05. The van der Waals surface area contributed by atoms with Crippen LogP contribution in [0.1, 0.15) is 46.3 Å². The van der Waals surface area contributed by atoms with Crippen LogP contribution in [-0.4, -0.2) is 32.6 Å². The molecule has 1 aliphatic carbocycles. The van der Waals surface area contributed by atoms with Crippen LogP contribution in [-0.2, 0) is 6.42 Å². The van der Waals surface area contributed by atoms with Gasteiger partial charge in [-0.25, -0.2) is 4.98 Å². The van der Waals surface area contributed by atoms with Crippen LogP contribution in [0.15, 0.2) is 12.4 Å². The Bertz CT molecular complexity index is 568. The molecule has 1 amide bonds. The smallest absolute Gasteiger partial charge is 0.255 e. The Labute approximate surface area is 111 Å². The van der Waals surface area contributed by atoms with Gasteiger partial charge in [-0.2, -0.15) is 5.10 Å². The molecule has 100 valence electrons. The molecule has 2 heterocycles. The topological polar surface area (TPSA) is 86.5 Å². The van der Waals surface area contributed by atoms with Gasteiger partial charge < -0.3 is 10.3 Å². The molecule has 3 rings (SSSR count). The van der Waals surface area contributed by atoms with Crippen molar-refractivity contribution in [1.82, 2.24) is 25.5 Å². The van der Waals surface area contributed by atoms with Crippen molar-refractivity contribution < 1.29 is 4.79 Å². The predicted molar refractivity (Wildman–Crippen MR) is 69.9 cm³/mol. The highest BCUT2D eigenvalue weighted by atomic mass is 16.1. The fraction of sp³-hybridized carbons (Fsp3) is 0.462. The number of H-pyrrole nitrogens is 2. The number of imidazole rings is 1. The van der Waals surface area contributed by atoms with E-state index in [0.29, 0.717) is 18.9 Å². The Kier molecular flexibility index (Phi) is 3.06. The number of nitrogens with one attached hydrogen (secondary N) is 3. The van der Waals surface area contributed by atoms with E-state index < -0.39 is 0 Å². The first kappa shape index (κ1) is 12.0. The Balaban J connectivity index is 1.62. The summed E-state index contributed by atoms with van der Waals surface area (Å²) in [4.78, 5) is 19.3. The van der Waals surface area contributed by atoms with Gasteiger partial charge in [0.15, 0.2) is 0 Å². The summed E-state index contributed by atoms with van der Waals surface area (Å²) in [5.74, 6) is 1.31. The van der Waals surface area contributed by atoms with E-state index in [-0.39, 0.29) is 5.91 Å². The van der Waals surface area contributed by atoms with Gasteiger partial charge in [0.05, 0.1) is 11.3 Å². The summed E-state index contributed by atoms with van der Waals surface area (Å²) in [6, 6.07) is 0.